The SMILES string of the molecule is O=C(COc1ncnc2ccccc12)N1N=C2C(=Cc3ccc(Cl)cc3)CCCC2C1c1ccc(Cl)cc1. The van der Waals surface area contributed by atoms with Crippen LogP contribution in [0.15, 0.2) is 89.8 Å². The van der Waals surface area contributed by atoms with Gasteiger partial charge in [0.2, 0.25) is 5.88 Å². The molecule has 0 saturated heterocycles. The number of rotatable bonds is 5. The van der Waals surface area contributed by atoms with E-state index in [-0.39, 0.29) is 24.5 Å². The monoisotopic (exact) mass is 542 g/mol. The number of amides is 1. The first-order valence-corrected chi connectivity index (χ1v) is 13.3. The van der Waals surface area contributed by atoms with Crippen molar-refractivity contribution in [3.8, 4) is 5.88 Å². The van der Waals surface area contributed by atoms with Gasteiger partial charge in [0.1, 0.15) is 6.33 Å². The molecule has 0 spiro atoms. The number of aromatic nitrogens is 2. The normalized spacial score (nSPS) is 19.9. The summed E-state index contributed by atoms with van der Waals surface area (Å²) >= 11 is 12.3. The summed E-state index contributed by atoms with van der Waals surface area (Å²) in [4.78, 5) is 22.2. The number of para-hydroxylation sites is 1. The Hall–Kier alpha value is -3.74. The molecule has 38 heavy (non-hydrogen) atoms. The Morgan fingerprint density at radius 1 is 0.974 bits per heavy atom. The minimum Gasteiger partial charge on any atom is -0.467 e. The molecule has 0 N–H and O–H groups in total. The number of benzene rings is 3. The molecule has 0 radical (unpaired) electrons. The number of nitrogens with zero attached hydrogens (tertiary/aromatic N) is 4. The maximum Gasteiger partial charge on any atom is 0.281 e. The van der Waals surface area contributed by atoms with Gasteiger partial charge in [-0.3, -0.25) is 4.79 Å². The predicted octanol–water partition coefficient (Wildman–Crippen LogP) is 7.14. The minimum absolute atomic E-state index is 0.0762. The van der Waals surface area contributed by atoms with Crippen LogP contribution in [0.3, 0.4) is 0 Å². The topological polar surface area (TPSA) is 67.7 Å². The highest BCUT2D eigenvalue weighted by Gasteiger charge is 2.43. The van der Waals surface area contributed by atoms with E-state index in [9.17, 15) is 4.79 Å². The molecule has 0 bridgehead atoms. The number of fused-ring (bicyclic) bond motifs is 2. The average molecular weight is 543 g/mol. The van der Waals surface area contributed by atoms with Crippen LogP contribution in [0.1, 0.15) is 36.4 Å². The molecular weight excluding hydrogens is 519 g/mol. The lowest BCUT2D eigenvalue weighted by Crippen LogP contribution is -2.34. The molecule has 1 aliphatic heterocycles. The third-order valence-electron chi connectivity index (χ3n) is 7.02. The number of carbonyl (C=O) groups is 1. The van der Waals surface area contributed by atoms with Gasteiger partial charge in [0.05, 0.1) is 22.7 Å². The Bertz CT molecular complexity index is 1550. The van der Waals surface area contributed by atoms with E-state index in [1.807, 2.05) is 72.8 Å². The second-order valence-corrected chi connectivity index (χ2v) is 10.3. The summed E-state index contributed by atoms with van der Waals surface area (Å²) in [7, 11) is 0. The van der Waals surface area contributed by atoms with Crippen LogP contribution < -0.4 is 4.74 Å². The molecular formula is C30H24Cl2N4O2. The Morgan fingerprint density at radius 2 is 1.71 bits per heavy atom. The van der Waals surface area contributed by atoms with E-state index >= 15 is 0 Å². The lowest BCUT2D eigenvalue weighted by atomic mass is 9.77. The van der Waals surface area contributed by atoms with E-state index in [0.717, 1.165) is 52.6 Å². The fourth-order valence-corrected chi connectivity index (χ4v) is 5.50. The van der Waals surface area contributed by atoms with E-state index < -0.39 is 0 Å². The van der Waals surface area contributed by atoms with Gasteiger partial charge in [-0.15, -0.1) is 0 Å². The molecule has 1 fully saturated rings. The molecule has 1 amide bonds. The second kappa shape index (κ2) is 10.6. The van der Waals surface area contributed by atoms with Crippen molar-refractivity contribution in [1.29, 1.82) is 0 Å². The van der Waals surface area contributed by atoms with Crippen molar-refractivity contribution in [2.45, 2.75) is 25.3 Å². The van der Waals surface area contributed by atoms with Gasteiger partial charge in [0.25, 0.3) is 5.91 Å². The predicted molar refractivity (Wildman–Crippen MR) is 150 cm³/mol. The largest absolute Gasteiger partial charge is 0.467 e. The van der Waals surface area contributed by atoms with Crippen molar-refractivity contribution >= 4 is 51.8 Å². The lowest BCUT2D eigenvalue weighted by Gasteiger charge is -2.29. The summed E-state index contributed by atoms with van der Waals surface area (Å²) in [6.45, 7) is -0.190. The van der Waals surface area contributed by atoms with Crippen LogP contribution in [-0.4, -0.2) is 33.2 Å². The van der Waals surface area contributed by atoms with Gasteiger partial charge < -0.3 is 4.74 Å². The third kappa shape index (κ3) is 4.89. The summed E-state index contributed by atoms with van der Waals surface area (Å²) < 4.78 is 5.92. The van der Waals surface area contributed by atoms with Crippen LogP contribution >= 0.6 is 23.2 Å². The maximum absolute atomic E-state index is 13.6. The third-order valence-corrected chi connectivity index (χ3v) is 7.52. The molecule has 1 saturated carbocycles. The van der Waals surface area contributed by atoms with E-state index in [1.165, 1.54) is 6.33 Å². The number of halogens is 2. The summed E-state index contributed by atoms with van der Waals surface area (Å²) in [6.07, 6.45) is 6.44. The molecule has 1 aliphatic carbocycles. The molecule has 2 unspecified atom stereocenters. The van der Waals surface area contributed by atoms with Crippen molar-refractivity contribution in [2.24, 2.45) is 11.0 Å². The van der Waals surface area contributed by atoms with Crippen molar-refractivity contribution in [3.63, 3.8) is 0 Å². The minimum atomic E-state index is -0.241. The Kier molecular flexibility index (Phi) is 6.83. The molecule has 4 aromatic rings. The van der Waals surface area contributed by atoms with Crippen LogP contribution in [-0.2, 0) is 4.79 Å². The van der Waals surface area contributed by atoms with Gasteiger partial charge in [-0.05, 0) is 78.4 Å². The first kappa shape index (κ1) is 24.6. The fraction of sp³-hybridized carbons (Fsp3) is 0.200. The zero-order valence-electron chi connectivity index (χ0n) is 20.4. The van der Waals surface area contributed by atoms with Crippen molar-refractivity contribution in [1.82, 2.24) is 15.0 Å². The zero-order chi connectivity index (χ0) is 26.1. The summed E-state index contributed by atoms with van der Waals surface area (Å²) in [5.41, 5.74) is 4.90. The number of hydrazone groups is 1. The first-order valence-electron chi connectivity index (χ1n) is 12.5. The van der Waals surface area contributed by atoms with Gasteiger partial charge >= 0.3 is 0 Å². The number of hydrogen-bond donors (Lipinski definition) is 0. The quantitative estimate of drug-likeness (QED) is 0.268. The molecule has 6 nitrogen and oxygen atoms in total. The van der Waals surface area contributed by atoms with E-state index in [1.54, 1.807) is 5.01 Å². The first-order chi connectivity index (χ1) is 18.6. The summed E-state index contributed by atoms with van der Waals surface area (Å²) in [6, 6.07) is 22.7. The number of allylic oxidation sites excluding steroid dienone is 1. The van der Waals surface area contributed by atoms with Gasteiger partial charge in [-0.1, -0.05) is 59.6 Å². The van der Waals surface area contributed by atoms with Gasteiger partial charge in [-0.25, -0.2) is 15.0 Å². The van der Waals surface area contributed by atoms with E-state index in [4.69, 9.17) is 33.0 Å². The number of ether oxygens (including phenoxy) is 1. The van der Waals surface area contributed by atoms with Crippen LogP contribution in [0.2, 0.25) is 10.0 Å². The van der Waals surface area contributed by atoms with Crippen molar-refractivity contribution < 1.29 is 9.53 Å². The van der Waals surface area contributed by atoms with E-state index in [2.05, 4.69) is 16.0 Å². The Labute approximate surface area is 230 Å². The van der Waals surface area contributed by atoms with E-state index in [0.29, 0.717) is 15.9 Å². The molecule has 2 aliphatic rings. The Balaban J connectivity index is 1.32. The highest BCUT2D eigenvalue weighted by atomic mass is 35.5. The standard InChI is InChI=1S/C30H24Cl2N4O2/c31-22-12-8-19(9-13-22)16-21-4-3-6-25-28(21)35-36(29(25)20-10-14-23(32)15-11-20)27(37)17-38-30-24-5-1-2-7-26(24)33-18-34-30/h1-2,5,7-16,18,25,29H,3-4,6,17H2. The summed E-state index contributed by atoms with van der Waals surface area (Å²) in [5, 5.41) is 8.61. The van der Waals surface area contributed by atoms with Gasteiger partial charge in [0.15, 0.2) is 6.61 Å². The zero-order valence-corrected chi connectivity index (χ0v) is 21.9. The fourth-order valence-electron chi connectivity index (χ4n) is 5.25. The Morgan fingerprint density at radius 3 is 2.50 bits per heavy atom. The molecule has 2 atom stereocenters. The van der Waals surface area contributed by atoms with Crippen LogP contribution in [0, 0.1) is 5.92 Å². The molecule has 190 valence electrons. The lowest BCUT2D eigenvalue weighted by molar-refractivity contribution is -0.135. The number of hydrogen-bond acceptors (Lipinski definition) is 5. The number of carbonyl (C=O) groups excluding carboxylic acids is 1. The second-order valence-electron chi connectivity index (χ2n) is 9.42. The summed E-state index contributed by atoms with van der Waals surface area (Å²) in [5.74, 6) is 0.215. The molecule has 2 heterocycles. The van der Waals surface area contributed by atoms with Crippen LogP contribution in [0.25, 0.3) is 17.0 Å². The van der Waals surface area contributed by atoms with Crippen LogP contribution in [0.5, 0.6) is 5.88 Å². The van der Waals surface area contributed by atoms with Crippen LogP contribution in [0.4, 0.5) is 0 Å². The van der Waals surface area contributed by atoms with Crippen molar-refractivity contribution in [2.75, 3.05) is 6.61 Å². The highest BCUT2D eigenvalue weighted by Crippen LogP contribution is 2.44. The van der Waals surface area contributed by atoms with Gasteiger partial charge in [-0.2, -0.15) is 5.10 Å². The smallest absolute Gasteiger partial charge is 0.281 e. The maximum atomic E-state index is 13.6. The molecule has 3 aromatic carbocycles. The van der Waals surface area contributed by atoms with Crippen molar-refractivity contribution in [3.05, 3.63) is 106 Å². The van der Waals surface area contributed by atoms with Gasteiger partial charge in [0, 0.05) is 16.0 Å². The molecule has 8 heteroatoms. The highest BCUT2D eigenvalue weighted by molar-refractivity contribution is 6.30. The molecule has 1 aromatic heterocycles. The average Bonchev–Trinajstić information content (AvgIpc) is 3.34. The molecule has 6 rings (SSSR count).